The molecule has 2 fully saturated rings. The Hall–Kier alpha value is -0.630. The number of rotatable bonds is 4. The Morgan fingerprint density at radius 2 is 2.05 bits per heavy atom. The predicted octanol–water partition coefficient (Wildman–Crippen LogP) is 4.53. The van der Waals surface area contributed by atoms with Gasteiger partial charge in [0.05, 0.1) is 6.10 Å². The molecule has 2 rings (SSSR count). The van der Waals surface area contributed by atoms with Crippen LogP contribution in [0.2, 0.25) is 0 Å². The Balaban J connectivity index is 2.27. The average molecular weight is 278 g/mol. The van der Waals surface area contributed by atoms with Gasteiger partial charge in [0.25, 0.3) is 0 Å². The fourth-order valence-electron chi connectivity index (χ4n) is 4.24. The van der Waals surface area contributed by atoms with Crippen LogP contribution in [0.3, 0.4) is 0 Å². The van der Waals surface area contributed by atoms with Crippen LogP contribution in [0.5, 0.6) is 0 Å². The van der Waals surface area contributed by atoms with E-state index in [0.717, 1.165) is 18.4 Å². The lowest BCUT2D eigenvalue weighted by Gasteiger charge is -2.41. The minimum Gasteiger partial charge on any atom is -0.363 e. The van der Waals surface area contributed by atoms with Crippen molar-refractivity contribution >= 4 is 5.78 Å². The number of ketones is 1. The van der Waals surface area contributed by atoms with Gasteiger partial charge in [0.2, 0.25) is 0 Å². The largest absolute Gasteiger partial charge is 0.363 e. The topological polar surface area (TPSA) is 26.3 Å². The van der Waals surface area contributed by atoms with Gasteiger partial charge < -0.3 is 4.74 Å². The van der Waals surface area contributed by atoms with Crippen molar-refractivity contribution in [3.63, 3.8) is 0 Å². The summed E-state index contributed by atoms with van der Waals surface area (Å²) in [5.74, 6) is 0.946. The van der Waals surface area contributed by atoms with Crippen LogP contribution < -0.4 is 0 Å². The average Bonchev–Trinajstić information content (AvgIpc) is 2.56. The lowest BCUT2D eigenvalue weighted by atomic mass is 9.60. The number of carbonyl (C=O) groups excluding carboxylic acids is 1. The molecular weight excluding hydrogens is 248 g/mol. The normalized spacial score (nSPS) is 39.6. The summed E-state index contributed by atoms with van der Waals surface area (Å²) in [6, 6.07) is 0. The number of ether oxygens (including phenoxy) is 1. The summed E-state index contributed by atoms with van der Waals surface area (Å²) >= 11 is 0. The van der Waals surface area contributed by atoms with Gasteiger partial charge in [0.15, 0.2) is 5.78 Å². The molecule has 0 unspecified atom stereocenters. The van der Waals surface area contributed by atoms with Crippen molar-refractivity contribution in [2.45, 2.75) is 78.4 Å². The van der Waals surface area contributed by atoms with Crippen molar-refractivity contribution in [1.29, 1.82) is 0 Å². The highest BCUT2D eigenvalue weighted by Gasteiger charge is 2.61. The number of hydrogen-bond donors (Lipinski definition) is 0. The maximum Gasteiger partial charge on any atom is 0.165 e. The van der Waals surface area contributed by atoms with Gasteiger partial charge in [-0.15, -0.1) is 0 Å². The Bertz CT molecular complexity index is 410. The Morgan fingerprint density at radius 3 is 2.60 bits per heavy atom. The van der Waals surface area contributed by atoms with E-state index in [2.05, 4.69) is 34.3 Å². The Morgan fingerprint density at radius 1 is 1.40 bits per heavy atom. The molecule has 20 heavy (non-hydrogen) atoms. The molecule has 0 aromatic heterocycles. The molecule has 0 bridgehead atoms. The van der Waals surface area contributed by atoms with E-state index < -0.39 is 5.60 Å². The van der Waals surface area contributed by atoms with Crippen LogP contribution in [-0.4, -0.2) is 17.5 Å². The molecule has 1 aliphatic carbocycles. The molecule has 0 radical (unpaired) electrons. The van der Waals surface area contributed by atoms with E-state index in [1.54, 1.807) is 0 Å². The molecule has 1 aliphatic heterocycles. The fourth-order valence-corrected chi connectivity index (χ4v) is 4.24. The van der Waals surface area contributed by atoms with Gasteiger partial charge in [-0.1, -0.05) is 45.8 Å². The molecule has 1 saturated carbocycles. The molecule has 114 valence electrons. The first-order valence-corrected chi connectivity index (χ1v) is 8.10. The first-order valence-electron chi connectivity index (χ1n) is 8.10. The standard InChI is InChI=1S/C18H30O2/c1-7-8-9-16-17(4,5)14-10-13(12(2)3)11-15(19)18(14,6)20-16/h13-14,16H,2,7-11H2,1,3-6H3/t13-,14-,16-,18+/m1/s1. The third-order valence-corrected chi connectivity index (χ3v) is 5.80. The highest BCUT2D eigenvalue weighted by atomic mass is 16.5. The Kier molecular flexibility index (Phi) is 4.17. The van der Waals surface area contributed by atoms with Gasteiger partial charge in [0.1, 0.15) is 5.60 Å². The molecule has 1 heterocycles. The van der Waals surface area contributed by atoms with Gasteiger partial charge in [-0.3, -0.25) is 4.79 Å². The molecule has 2 heteroatoms. The second-order valence-corrected chi connectivity index (χ2v) is 7.64. The molecular formula is C18H30O2. The first kappa shape index (κ1) is 15.8. The summed E-state index contributed by atoms with van der Waals surface area (Å²) in [5.41, 5.74) is 0.662. The minimum atomic E-state index is -0.562. The van der Waals surface area contributed by atoms with Gasteiger partial charge in [-0.2, -0.15) is 0 Å². The molecule has 4 atom stereocenters. The Labute approximate surface area is 124 Å². The summed E-state index contributed by atoms with van der Waals surface area (Å²) in [6.07, 6.45) is 5.30. The van der Waals surface area contributed by atoms with E-state index >= 15 is 0 Å². The highest BCUT2D eigenvalue weighted by molar-refractivity contribution is 5.89. The van der Waals surface area contributed by atoms with Gasteiger partial charge in [0, 0.05) is 12.3 Å². The number of hydrogen-bond acceptors (Lipinski definition) is 2. The third-order valence-electron chi connectivity index (χ3n) is 5.80. The lowest BCUT2D eigenvalue weighted by molar-refractivity contribution is -0.149. The number of allylic oxidation sites excluding steroid dienone is 1. The molecule has 2 nitrogen and oxygen atoms in total. The molecule has 0 amide bonds. The van der Waals surface area contributed by atoms with Crippen LogP contribution in [0.15, 0.2) is 12.2 Å². The van der Waals surface area contributed by atoms with Crippen LogP contribution in [0, 0.1) is 17.3 Å². The first-order chi connectivity index (χ1) is 9.23. The van der Waals surface area contributed by atoms with Crippen molar-refractivity contribution in [2.75, 3.05) is 0 Å². The smallest absolute Gasteiger partial charge is 0.165 e. The monoisotopic (exact) mass is 278 g/mol. The van der Waals surface area contributed by atoms with E-state index in [1.165, 1.54) is 12.8 Å². The maximum absolute atomic E-state index is 12.7. The zero-order valence-corrected chi connectivity index (χ0v) is 13.8. The van der Waals surface area contributed by atoms with Crippen molar-refractivity contribution in [1.82, 2.24) is 0 Å². The summed E-state index contributed by atoms with van der Waals surface area (Å²) in [5, 5.41) is 0. The van der Waals surface area contributed by atoms with E-state index in [4.69, 9.17) is 4.74 Å². The molecule has 0 N–H and O–H groups in total. The van der Waals surface area contributed by atoms with Crippen LogP contribution in [-0.2, 0) is 9.53 Å². The van der Waals surface area contributed by atoms with Crippen molar-refractivity contribution in [2.24, 2.45) is 17.3 Å². The third kappa shape index (κ3) is 2.36. The zero-order valence-electron chi connectivity index (χ0n) is 13.8. The van der Waals surface area contributed by atoms with Crippen LogP contribution >= 0.6 is 0 Å². The molecule has 0 aromatic carbocycles. The van der Waals surface area contributed by atoms with Crippen LogP contribution in [0.4, 0.5) is 0 Å². The summed E-state index contributed by atoms with van der Waals surface area (Å²) in [4.78, 5) is 12.7. The molecule has 0 spiro atoms. The predicted molar refractivity (Wildman–Crippen MR) is 82.6 cm³/mol. The fraction of sp³-hybridized carbons (Fsp3) is 0.833. The lowest BCUT2D eigenvalue weighted by Crippen LogP contribution is -2.49. The van der Waals surface area contributed by atoms with Crippen LogP contribution in [0.25, 0.3) is 0 Å². The number of fused-ring (bicyclic) bond motifs is 1. The van der Waals surface area contributed by atoms with Gasteiger partial charge in [-0.05, 0) is 38.0 Å². The second kappa shape index (κ2) is 5.29. The molecule has 2 aliphatic rings. The van der Waals surface area contributed by atoms with Crippen molar-refractivity contribution < 1.29 is 9.53 Å². The summed E-state index contributed by atoms with van der Waals surface area (Å²) < 4.78 is 6.33. The van der Waals surface area contributed by atoms with E-state index in [1.807, 2.05) is 6.92 Å². The quantitative estimate of drug-likeness (QED) is 0.706. The summed E-state index contributed by atoms with van der Waals surface area (Å²) in [6.45, 7) is 14.9. The number of carbonyl (C=O) groups is 1. The van der Waals surface area contributed by atoms with Crippen LogP contribution in [0.1, 0.15) is 66.7 Å². The highest BCUT2D eigenvalue weighted by Crippen LogP contribution is 2.56. The minimum absolute atomic E-state index is 0.0771. The SMILES string of the molecule is C=C(C)[C@H]1CC(=O)[C@@]2(C)O[C@H](CCCC)C(C)(C)[C@H]2C1. The van der Waals surface area contributed by atoms with E-state index in [9.17, 15) is 4.79 Å². The maximum atomic E-state index is 12.7. The number of unbranched alkanes of at least 4 members (excludes halogenated alkanes) is 1. The van der Waals surface area contributed by atoms with Gasteiger partial charge in [-0.25, -0.2) is 0 Å². The number of Topliss-reactive ketones (excluding diaryl/α,β-unsaturated/α-hetero) is 1. The van der Waals surface area contributed by atoms with E-state index in [-0.39, 0.29) is 17.3 Å². The van der Waals surface area contributed by atoms with Crippen molar-refractivity contribution in [3.8, 4) is 0 Å². The summed E-state index contributed by atoms with van der Waals surface area (Å²) in [7, 11) is 0. The molecule has 0 aromatic rings. The zero-order chi connectivity index (χ0) is 15.1. The van der Waals surface area contributed by atoms with Gasteiger partial charge >= 0.3 is 0 Å². The molecule has 1 saturated heterocycles. The van der Waals surface area contributed by atoms with Crippen molar-refractivity contribution in [3.05, 3.63) is 12.2 Å². The van der Waals surface area contributed by atoms with E-state index in [0.29, 0.717) is 18.3 Å². The second-order valence-electron chi connectivity index (χ2n) is 7.64.